The van der Waals surface area contributed by atoms with Crippen molar-refractivity contribution in [3.8, 4) is 0 Å². The van der Waals surface area contributed by atoms with Crippen molar-refractivity contribution in [1.29, 1.82) is 0 Å². The number of rotatable bonds is 55. The van der Waals surface area contributed by atoms with E-state index in [1.54, 1.807) is 69.2 Å². The zero-order valence-corrected chi connectivity index (χ0v) is 64.3. The van der Waals surface area contributed by atoms with Gasteiger partial charge in [0, 0.05) is 39.3 Å². The van der Waals surface area contributed by atoms with E-state index in [2.05, 4.69) is 83.1 Å². The van der Waals surface area contributed by atoms with E-state index in [-0.39, 0.29) is 146 Å². The van der Waals surface area contributed by atoms with Gasteiger partial charge in [-0.05, 0) is 107 Å². The van der Waals surface area contributed by atoms with E-state index in [1.807, 2.05) is 0 Å². The third-order valence-corrected chi connectivity index (χ3v) is 18.2. The average Bonchev–Trinajstić information content (AvgIpc) is 0.847. The molecule has 41 heteroatoms. The van der Waals surface area contributed by atoms with Gasteiger partial charge in [0.25, 0.3) is 0 Å². The number of aliphatic imine (C=N–C) groups is 6. The highest BCUT2D eigenvalue weighted by atomic mass is 16.2. The largest absolute Gasteiger partial charge is 0.370 e. The Morgan fingerprint density at radius 2 is 0.411 bits per heavy atom. The fourth-order valence-corrected chi connectivity index (χ4v) is 10.6. The lowest BCUT2D eigenvalue weighted by Gasteiger charge is -2.32. The van der Waals surface area contributed by atoms with Crippen LogP contribution in [-0.4, -0.2) is 206 Å². The van der Waals surface area contributed by atoms with Crippen LogP contribution < -0.4 is 133 Å². The summed E-state index contributed by atoms with van der Waals surface area (Å²) in [6.07, 6.45) is 2.83. The van der Waals surface area contributed by atoms with Crippen LogP contribution in [0.5, 0.6) is 0 Å². The highest BCUT2D eigenvalue weighted by Crippen LogP contribution is 2.19. The van der Waals surface area contributed by atoms with Crippen molar-refractivity contribution < 1.29 is 52.7 Å². The summed E-state index contributed by atoms with van der Waals surface area (Å²) in [6, 6.07) is -14.3. The highest BCUT2D eigenvalue weighted by Gasteiger charge is 2.40. The van der Waals surface area contributed by atoms with Crippen molar-refractivity contribution >= 4 is 101 Å². The van der Waals surface area contributed by atoms with E-state index in [1.165, 1.54) is 0 Å². The lowest BCUT2D eigenvalue weighted by Crippen LogP contribution is -2.63. The SMILES string of the molecule is CC[C@H](C)[C@H](NC(=O)[C@H](CCCN=C(N)N)NC(=O)[C@@H](NC(=O)[C@@H](NC(=O)[C@@H](NC(=O)[C@H](CCCN=C(N)N)NC(=O)[C@@H](NC(=O)[C@H](CCCN=C(N)N)NC(=O)[C@@H](N)CCCN=C(N)N)[C@@H](C)CC)[C@@H](C)CC)[C@@H](C)CC)[C@@H](C)CC)C(=O)N[C@@H](CCCN=C(N)N)C(=O)N[C@@H](CCCN=C(N)N)C(N)=O. The van der Waals surface area contributed by atoms with Gasteiger partial charge in [0.1, 0.15) is 60.4 Å². The number of hydrogen-bond acceptors (Lipinski definition) is 18. The molecule has 0 fully saturated rings. The minimum absolute atomic E-state index is 0.0113. The van der Waals surface area contributed by atoms with Gasteiger partial charge in [-0.15, -0.1) is 0 Å². The van der Waals surface area contributed by atoms with Gasteiger partial charge in [0.05, 0.1) is 6.04 Å². The number of guanidine groups is 6. The normalized spacial score (nSPS) is 15.5. The topological polar surface area (TPSA) is 747 Å². The third kappa shape index (κ3) is 39.6. The number of carbonyl (C=O) groups excluding carboxylic acids is 11. The van der Waals surface area contributed by atoms with Crippen molar-refractivity contribution in [2.24, 2.45) is 140 Å². The molecule has 0 unspecified atom stereocenters. The Labute approximate surface area is 628 Å². The van der Waals surface area contributed by atoms with Crippen LogP contribution in [0.3, 0.4) is 0 Å². The standard InChI is InChI=1S/C66H130N30O11/c1-11-34(6)45(56(103)89-41(24-18-30-83-63(73)74)52(99)87-40(50(68)97)23-17-29-82-62(71)72)93-54(101)43(26-20-32-85-65(77)78)91-58(105)47(36(8)13-3)95-60(107)49(38(10)15-5)96-59(106)48(37(9)14-4)94-55(102)44(27-21-33-86-66(79)80)90-57(104)46(35(7)12-2)92-53(100)42(25-19-31-84-64(75)76)88-51(98)39(67)22-16-28-81-61(69)70/h34-49H,11-33,67H2,1-10H3,(H2,68,97)(H,87,99)(H,88,98)(H,89,103)(H,90,104)(H,91,105)(H,92,100)(H,93,101)(H,94,102)(H,95,107)(H,96,106)(H4,69,70,81)(H4,71,72,82)(H4,73,74,83)(H4,75,76,84)(H4,77,78,85)(H4,79,80,86)/t34-,35-,36-,37-,38-,39-,40-,41-,42-,43-,44-,45-,46-,47-,48-,49-/m0/s1. The number of amides is 11. The molecule has 11 amide bonds. The van der Waals surface area contributed by atoms with E-state index >= 15 is 0 Å². The fraction of sp³-hybridized carbons (Fsp3) is 0.742. The molecule has 0 heterocycles. The predicted molar refractivity (Wildman–Crippen MR) is 413 cm³/mol. The Morgan fingerprint density at radius 3 is 0.617 bits per heavy atom. The van der Waals surface area contributed by atoms with Gasteiger partial charge in [-0.25, -0.2) is 0 Å². The molecule has 0 spiro atoms. The Hall–Kier alpha value is -10.2. The molecule has 0 rings (SSSR count). The lowest BCUT2D eigenvalue weighted by atomic mass is 9.93. The fourth-order valence-electron chi connectivity index (χ4n) is 10.6. The molecule has 0 aromatic rings. The maximum atomic E-state index is 14.9. The maximum absolute atomic E-state index is 14.9. The molecule has 16 atom stereocenters. The van der Waals surface area contributed by atoms with Gasteiger partial charge in [-0.2, -0.15) is 0 Å². The molecule has 0 saturated carbocycles. The summed E-state index contributed by atoms with van der Waals surface area (Å²) < 4.78 is 0. The molecule has 107 heavy (non-hydrogen) atoms. The average molecular weight is 1520 g/mol. The van der Waals surface area contributed by atoms with Gasteiger partial charge in [-0.1, -0.05) is 101 Å². The smallest absolute Gasteiger partial charge is 0.243 e. The molecule has 0 saturated heterocycles. The monoisotopic (exact) mass is 1520 g/mol. The van der Waals surface area contributed by atoms with Gasteiger partial charge in [-0.3, -0.25) is 82.7 Å². The van der Waals surface area contributed by atoms with Crippen molar-refractivity contribution in [3.05, 3.63) is 0 Å². The van der Waals surface area contributed by atoms with E-state index in [9.17, 15) is 52.7 Å². The third-order valence-electron chi connectivity index (χ3n) is 18.2. The van der Waals surface area contributed by atoms with E-state index < -0.39 is 161 Å². The molecule has 38 N–H and O–H groups in total. The first-order valence-corrected chi connectivity index (χ1v) is 36.7. The van der Waals surface area contributed by atoms with Crippen molar-refractivity contribution in [1.82, 2.24) is 53.2 Å². The van der Waals surface area contributed by atoms with E-state index in [4.69, 9.17) is 80.3 Å². The summed E-state index contributed by atoms with van der Waals surface area (Å²) in [7, 11) is 0. The predicted octanol–water partition coefficient (Wildman–Crippen LogP) is -6.80. The Kier molecular flexibility index (Phi) is 47.6. The molecule has 0 radical (unpaired) electrons. The number of nitrogens with two attached hydrogens (primary N) is 14. The molecule has 0 aromatic carbocycles. The van der Waals surface area contributed by atoms with E-state index in [0.717, 1.165) is 0 Å². The van der Waals surface area contributed by atoms with Gasteiger partial charge >= 0.3 is 0 Å². The minimum Gasteiger partial charge on any atom is -0.370 e. The van der Waals surface area contributed by atoms with Crippen LogP contribution in [0.15, 0.2) is 30.0 Å². The number of nitrogens with zero attached hydrogens (tertiary/aromatic N) is 6. The van der Waals surface area contributed by atoms with Gasteiger partial charge in [0.15, 0.2) is 35.8 Å². The van der Waals surface area contributed by atoms with Gasteiger partial charge < -0.3 is 133 Å². The number of nitrogens with one attached hydrogen (secondary N) is 10. The zero-order valence-electron chi connectivity index (χ0n) is 64.3. The zero-order chi connectivity index (χ0) is 81.6. The van der Waals surface area contributed by atoms with Crippen molar-refractivity contribution in [3.63, 3.8) is 0 Å². The number of carbonyl (C=O) groups is 11. The Balaban J connectivity index is 7.42. The van der Waals surface area contributed by atoms with Crippen LogP contribution in [0.4, 0.5) is 0 Å². The number of hydrogen-bond donors (Lipinski definition) is 24. The summed E-state index contributed by atoms with van der Waals surface area (Å²) >= 11 is 0. The Morgan fingerprint density at radius 1 is 0.243 bits per heavy atom. The van der Waals surface area contributed by atoms with E-state index in [0.29, 0.717) is 38.5 Å². The quantitative estimate of drug-likeness (QED) is 0.0153. The van der Waals surface area contributed by atoms with Crippen LogP contribution in [0.2, 0.25) is 0 Å². The molecular formula is C66H130N30O11. The molecular weight excluding hydrogens is 1390 g/mol. The molecule has 0 aromatic heterocycles. The lowest BCUT2D eigenvalue weighted by molar-refractivity contribution is -0.138. The van der Waals surface area contributed by atoms with Crippen LogP contribution in [0.1, 0.15) is 178 Å². The summed E-state index contributed by atoms with van der Waals surface area (Å²) in [4.78, 5) is 181. The molecule has 0 aliphatic heterocycles. The van der Waals surface area contributed by atoms with Crippen LogP contribution in [0, 0.1) is 29.6 Å². The van der Waals surface area contributed by atoms with Gasteiger partial charge in [0.2, 0.25) is 65.0 Å². The second-order valence-electron chi connectivity index (χ2n) is 26.9. The first-order valence-electron chi connectivity index (χ1n) is 36.7. The summed E-state index contributed by atoms with van der Waals surface area (Å²) in [5, 5.41) is 27.5. The van der Waals surface area contributed by atoms with Crippen LogP contribution >= 0.6 is 0 Å². The highest BCUT2D eigenvalue weighted by molar-refractivity contribution is 5.99. The molecule has 610 valence electrons. The summed E-state index contributed by atoms with van der Waals surface area (Å²) in [5.74, 6) is -13.0. The maximum Gasteiger partial charge on any atom is 0.243 e. The Bertz CT molecular complexity index is 3000. The van der Waals surface area contributed by atoms with Crippen molar-refractivity contribution in [2.45, 2.75) is 245 Å². The molecule has 0 bridgehead atoms. The minimum atomic E-state index is -1.41. The van der Waals surface area contributed by atoms with Crippen molar-refractivity contribution in [2.75, 3.05) is 39.3 Å². The first kappa shape index (κ1) is 96.8. The first-order chi connectivity index (χ1) is 50.3. The second-order valence-corrected chi connectivity index (χ2v) is 26.9. The molecule has 41 nitrogen and oxygen atoms in total. The summed E-state index contributed by atoms with van der Waals surface area (Å²) in [5.41, 5.74) is 78.2. The number of primary amides is 1. The molecule has 0 aliphatic carbocycles. The second kappa shape index (κ2) is 52.7. The molecule has 0 aliphatic rings. The van der Waals surface area contributed by atoms with Crippen LogP contribution in [-0.2, 0) is 52.7 Å². The van der Waals surface area contributed by atoms with Crippen LogP contribution in [0.25, 0.3) is 0 Å². The summed E-state index contributed by atoms with van der Waals surface area (Å²) in [6.45, 7) is 17.8.